The van der Waals surface area contributed by atoms with Gasteiger partial charge in [-0.05, 0) is 6.07 Å². The quantitative estimate of drug-likeness (QED) is 0.910. The van der Waals surface area contributed by atoms with Gasteiger partial charge in [0.1, 0.15) is 18.2 Å². The summed E-state index contributed by atoms with van der Waals surface area (Å²) in [6.07, 6.45) is -0.519. The van der Waals surface area contributed by atoms with E-state index in [1.165, 1.54) is 13.2 Å². The Kier molecular flexibility index (Phi) is 4.63. The largest absolute Gasteiger partial charge is 0.497 e. The van der Waals surface area contributed by atoms with Crippen LogP contribution in [0.1, 0.15) is 25.5 Å². The van der Waals surface area contributed by atoms with Gasteiger partial charge in [-0.15, -0.1) is 12.4 Å². The summed E-state index contributed by atoms with van der Waals surface area (Å²) in [4.78, 5) is 11.3. The van der Waals surface area contributed by atoms with Crippen LogP contribution in [0.2, 0.25) is 0 Å². The molecule has 1 aliphatic heterocycles. The number of benzene rings is 1. The molecule has 0 spiro atoms. The van der Waals surface area contributed by atoms with Crippen molar-refractivity contribution >= 4 is 18.5 Å². The van der Waals surface area contributed by atoms with E-state index in [4.69, 9.17) is 9.47 Å². The van der Waals surface area contributed by atoms with Crippen LogP contribution in [0, 0.1) is 11.2 Å². The normalized spacial score (nSPS) is 20.8. The van der Waals surface area contributed by atoms with Crippen molar-refractivity contribution in [1.82, 2.24) is 5.32 Å². The van der Waals surface area contributed by atoms with Crippen LogP contribution in [-0.4, -0.2) is 19.8 Å². The molecule has 0 aliphatic carbocycles. The topological polar surface area (TPSA) is 47.6 Å². The van der Waals surface area contributed by atoms with Crippen LogP contribution in [0.15, 0.2) is 18.2 Å². The van der Waals surface area contributed by atoms with Gasteiger partial charge in [0.2, 0.25) is 0 Å². The van der Waals surface area contributed by atoms with E-state index >= 15 is 0 Å². The molecule has 1 fully saturated rings. The number of carbonyl (C=O) groups is 1. The first-order chi connectivity index (χ1) is 8.44. The Labute approximate surface area is 117 Å². The molecule has 1 aromatic rings. The third-order valence-corrected chi connectivity index (χ3v) is 3.14. The molecule has 0 aromatic heterocycles. The van der Waals surface area contributed by atoms with Crippen molar-refractivity contribution in [3.05, 3.63) is 29.6 Å². The van der Waals surface area contributed by atoms with Gasteiger partial charge >= 0.3 is 6.09 Å². The Balaban J connectivity index is 0.00000180. The molecule has 0 unspecified atom stereocenters. The van der Waals surface area contributed by atoms with Crippen molar-refractivity contribution in [2.45, 2.75) is 19.9 Å². The molecule has 19 heavy (non-hydrogen) atoms. The lowest BCUT2D eigenvalue weighted by molar-refractivity contribution is 0.0377. The summed E-state index contributed by atoms with van der Waals surface area (Å²) in [6.45, 7) is 4.09. The lowest BCUT2D eigenvalue weighted by atomic mass is 9.80. The number of nitrogens with one attached hydrogen (secondary N) is 1. The minimum absolute atomic E-state index is 0. The predicted octanol–water partition coefficient (Wildman–Crippen LogP) is 3.06. The van der Waals surface area contributed by atoms with Crippen molar-refractivity contribution in [3.8, 4) is 5.75 Å². The second kappa shape index (κ2) is 5.65. The van der Waals surface area contributed by atoms with E-state index in [1.807, 2.05) is 13.8 Å². The molecular formula is C13H17ClFNO3. The second-order valence-electron chi connectivity index (χ2n) is 5.03. The van der Waals surface area contributed by atoms with Gasteiger partial charge < -0.3 is 14.8 Å². The third kappa shape index (κ3) is 3.10. The van der Waals surface area contributed by atoms with Gasteiger partial charge in [0, 0.05) is 17.0 Å². The molecule has 4 nitrogen and oxygen atoms in total. The Morgan fingerprint density at radius 1 is 1.47 bits per heavy atom. The first-order valence-electron chi connectivity index (χ1n) is 5.71. The standard InChI is InChI=1S/C13H16FNO3.ClH/c1-13(2)7-18-12(16)15-11(13)9-5-4-8(17-3)6-10(9)14;/h4-6,11H,7H2,1-3H3,(H,15,16);1H/t11-;/m0./s1. The first-order valence-corrected chi connectivity index (χ1v) is 5.71. The first kappa shape index (κ1) is 15.6. The molecule has 0 bridgehead atoms. The van der Waals surface area contributed by atoms with E-state index in [2.05, 4.69) is 5.32 Å². The fourth-order valence-corrected chi connectivity index (χ4v) is 2.06. The summed E-state index contributed by atoms with van der Waals surface area (Å²) in [5.41, 5.74) is 0.0704. The fourth-order valence-electron chi connectivity index (χ4n) is 2.06. The summed E-state index contributed by atoms with van der Waals surface area (Å²) in [5, 5.41) is 2.66. The maximum atomic E-state index is 14.0. The third-order valence-electron chi connectivity index (χ3n) is 3.14. The molecule has 1 aliphatic rings. The molecule has 1 amide bonds. The van der Waals surface area contributed by atoms with Gasteiger partial charge in [-0.2, -0.15) is 0 Å². The molecule has 1 N–H and O–H groups in total. The van der Waals surface area contributed by atoms with Crippen molar-refractivity contribution in [2.75, 3.05) is 13.7 Å². The zero-order valence-corrected chi connectivity index (χ0v) is 11.8. The SMILES string of the molecule is COc1ccc([C@@H]2NC(=O)OCC2(C)C)c(F)c1.Cl. The highest BCUT2D eigenvalue weighted by atomic mass is 35.5. The molecule has 0 radical (unpaired) electrons. The number of hydrogen-bond donors (Lipinski definition) is 1. The minimum atomic E-state index is -0.519. The summed E-state index contributed by atoms with van der Waals surface area (Å²) in [7, 11) is 1.48. The molecule has 1 heterocycles. The smallest absolute Gasteiger partial charge is 0.407 e. The number of hydrogen-bond acceptors (Lipinski definition) is 3. The van der Waals surface area contributed by atoms with E-state index in [1.54, 1.807) is 12.1 Å². The van der Waals surface area contributed by atoms with Crippen molar-refractivity contribution in [2.24, 2.45) is 5.41 Å². The summed E-state index contributed by atoms with van der Waals surface area (Å²) >= 11 is 0. The summed E-state index contributed by atoms with van der Waals surface area (Å²) in [6, 6.07) is 4.21. The van der Waals surface area contributed by atoms with E-state index in [-0.39, 0.29) is 24.4 Å². The number of alkyl carbamates (subject to hydrolysis) is 1. The van der Waals surface area contributed by atoms with Crippen LogP contribution < -0.4 is 10.1 Å². The van der Waals surface area contributed by atoms with Crippen LogP contribution in [0.25, 0.3) is 0 Å². The van der Waals surface area contributed by atoms with Crippen LogP contribution in [0.4, 0.5) is 9.18 Å². The monoisotopic (exact) mass is 289 g/mol. The highest BCUT2D eigenvalue weighted by Gasteiger charge is 2.39. The summed E-state index contributed by atoms with van der Waals surface area (Å²) < 4.78 is 23.9. The number of halogens is 2. The lowest BCUT2D eigenvalue weighted by Crippen LogP contribution is -2.47. The lowest BCUT2D eigenvalue weighted by Gasteiger charge is -2.38. The van der Waals surface area contributed by atoms with E-state index in [0.29, 0.717) is 11.3 Å². The van der Waals surface area contributed by atoms with Gasteiger partial charge in [0.05, 0.1) is 13.2 Å². The Hall–Kier alpha value is -1.49. The maximum absolute atomic E-state index is 14.0. The van der Waals surface area contributed by atoms with Crippen LogP contribution in [0.5, 0.6) is 5.75 Å². The highest BCUT2D eigenvalue weighted by Crippen LogP contribution is 2.38. The van der Waals surface area contributed by atoms with Crippen molar-refractivity contribution in [1.29, 1.82) is 0 Å². The molecule has 2 rings (SSSR count). The number of carbonyl (C=O) groups excluding carboxylic acids is 1. The van der Waals surface area contributed by atoms with Crippen LogP contribution >= 0.6 is 12.4 Å². The number of rotatable bonds is 2. The fraction of sp³-hybridized carbons (Fsp3) is 0.462. The number of cyclic esters (lactones) is 1. The van der Waals surface area contributed by atoms with Crippen molar-refractivity contribution in [3.63, 3.8) is 0 Å². The van der Waals surface area contributed by atoms with Gasteiger partial charge in [-0.25, -0.2) is 9.18 Å². The highest BCUT2D eigenvalue weighted by molar-refractivity contribution is 5.85. The molecule has 0 saturated carbocycles. The Morgan fingerprint density at radius 3 is 2.74 bits per heavy atom. The summed E-state index contributed by atoms with van der Waals surface area (Å²) in [5.74, 6) is 0.0575. The van der Waals surface area contributed by atoms with Crippen molar-refractivity contribution < 1.29 is 18.7 Å². The average molecular weight is 290 g/mol. The molecular weight excluding hydrogens is 273 g/mol. The molecule has 6 heteroatoms. The Bertz CT molecular complexity index is 479. The van der Waals surface area contributed by atoms with Gasteiger partial charge in [0.15, 0.2) is 0 Å². The number of methoxy groups -OCH3 is 1. The average Bonchev–Trinajstić information content (AvgIpc) is 2.32. The zero-order valence-electron chi connectivity index (χ0n) is 11.0. The Morgan fingerprint density at radius 2 is 2.16 bits per heavy atom. The molecule has 1 atom stereocenters. The predicted molar refractivity (Wildman–Crippen MR) is 71.2 cm³/mol. The van der Waals surface area contributed by atoms with Gasteiger partial charge in [-0.3, -0.25) is 0 Å². The number of ether oxygens (including phenoxy) is 2. The van der Waals surface area contributed by atoms with E-state index in [0.717, 1.165) is 0 Å². The van der Waals surface area contributed by atoms with Gasteiger partial charge in [0.25, 0.3) is 0 Å². The molecule has 1 aromatic carbocycles. The van der Waals surface area contributed by atoms with E-state index < -0.39 is 18.0 Å². The second-order valence-corrected chi connectivity index (χ2v) is 5.03. The maximum Gasteiger partial charge on any atom is 0.407 e. The molecule has 106 valence electrons. The number of amides is 1. The molecule has 1 saturated heterocycles. The van der Waals surface area contributed by atoms with Gasteiger partial charge in [-0.1, -0.05) is 19.9 Å². The van der Waals surface area contributed by atoms with E-state index in [9.17, 15) is 9.18 Å². The van der Waals surface area contributed by atoms with Crippen LogP contribution in [0.3, 0.4) is 0 Å². The van der Waals surface area contributed by atoms with Crippen LogP contribution in [-0.2, 0) is 4.74 Å². The zero-order chi connectivity index (χ0) is 13.3. The minimum Gasteiger partial charge on any atom is -0.497 e.